The molecular weight excluding hydrogens is 412 g/mol. The summed E-state index contributed by atoms with van der Waals surface area (Å²) in [6.07, 6.45) is -1.49. The van der Waals surface area contributed by atoms with Gasteiger partial charge in [0.1, 0.15) is 17.8 Å². The number of aldehydes is 1. The molecule has 0 aromatic heterocycles. The second-order valence-electron chi connectivity index (χ2n) is 6.72. The van der Waals surface area contributed by atoms with Crippen LogP contribution >= 0.6 is 0 Å². The van der Waals surface area contributed by atoms with Crippen LogP contribution in [0.2, 0.25) is 0 Å². The van der Waals surface area contributed by atoms with E-state index in [9.17, 15) is 14.4 Å². The first-order valence-electron chi connectivity index (χ1n) is 9.75. The van der Waals surface area contributed by atoms with Crippen molar-refractivity contribution in [3.05, 3.63) is 95.6 Å². The van der Waals surface area contributed by atoms with Crippen molar-refractivity contribution < 1.29 is 33.3 Å². The van der Waals surface area contributed by atoms with Gasteiger partial charge in [-0.15, -0.1) is 0 Å². The molecule has 3 aromatic carbocycles. The van der Waals surface area contributed by atoms with Crippen molar-refractivity contribution in [3.63, 3.8) is 0 Å². The summed E-state index contributed by atoms with van der Waals surface area (Å²) in [6.45, 7) is 0. The SMILES string of the molecule is COC(=O)C(Oc1cc(C=O)cc(OC(C(=O)OC)c2ccccc2)c1)c1ccccc1. The maximum atomic E-state index is 12.3. The van der Waals surface area contributed by atoms with Crippen LogP contribution < -0.4 is 9.47 Å². The molecule has 164 valence electrons. The minimum atomic E-state index is -1.05. The molecule has 0 aliphatic heterocycles. The first-order chi connectivity index (χ1) is 15.5. The lowest BCUT2D eigenvalue weighted by atomic mass is 10.1. The number of carbonyl (C=O) groups is 3. The highest BCUT2D eigenvalue weighted by molar-refractivity contribution is 5.79. The molecule has 0 amide bonds. The summed E-state index contributed by atoms with van der Waals surface area (Å²) in [6, 6.07) is 22.0. The van der Waals surface area contributed by atoms with Crippen molar-refractivity contribution >= 4 is 18.2 Å². The van der Waals surface area contributed by atoms with Crippen LogP contribution in [0.1, 0.15) is 33.7 Å². The van der Waals surface area contributed by atoms with E-state index in [4.69, 9.17) is 18.9 Å². The lowest BCUT2D eigenvalue weighted by Gasteiger charge is -2.20. The Hall–Kier alpha value is -4.13. The van der Waals surface area contributed by atoms with E-state index in [-0.39, 0.29) is 17.1 Å². The Morgan fingerprint density at radius 1 is 0.688 bits per heavy atom. The van der Waals surface area contributed by atoms with Gasteiger partial charge >= 0.3 is 11.9 Å². The third-order valence-electron chi connectivity index (χ3n) is 4.58. The number of methoxy groups -OCH3 is 2. The highest BCUT2D eigenvalue weighted by Crippen LogP contribution is 2.31. The summed E-state index contributed by atoms with van der Waals surface area (Å²) < 4.78 is 21.5. The number of ether oxygens (including phenoxy) is 4. The Morgan fingerprint density at radius 3 is 1.44 bits per heavy atom. The van der Waals surface area contributed by atoms with E-state index in [0.717, 1.165) is 0 Å². The van der Waals surface area contributed by atoms with Gasteiger partial charge in [-0.1, -0.05) is 60.7 Å². The van der Waals surface area contributed by atoms with Crippen molar-refractivity contribution in [2.24, 2.45) is 0 Å². The minimum Gasteiger partial charge on any atom is -0.474 e. The van der Waals surface area contributed by atoms with Gasteiger partial charge in [0.2, 0.25) is 12.2 Å². The van der Waals surface area contributed by atoms with Crippen molar-refractivity contribution in [3.8, 4) is 11.5 Å². The van der Waals surface area contributed by atoms with Crippen molar-refractivity contribution in [1.82, 2.24) is 0 Å². The molecule has 2 unspecified atom stereocenters. The molecular formula is C25H22O7. The highest BCUT2D eigenvalue weighted by atomic mass is 16.6. The second-order valence-corrected chi connectivity index (χ2v) is 6.72. The van der Waals surface area contributed by atoms with Gasteiger partial charge in [-0.25, -0.2) is 9.59 Å². The molecule has 7 heteroatoms. The standard InChI is InChI=1S/C25H22O7/c1-29-24(27)22(18-9-5-3-6-10-18)31-20-13-17(16-26)14-21(15-20)32-23(25(28)30-2)19-11-7-4-8-12-19/h3-16,22-23H,1-2H3. The van der Waals surface area contributed by atoms with Gasteiger partial charge in [0, 0.05) is 22.8 Å². The van der Waals surface area contributed by atoms with Gasteiger partial charge in [0.05, 0.1) is 14.2 Å². The minimum absolute atomic E-state index is 0.195. The third-order valence-corrected chi connectivity index (χ3v) is 4.58. The van der Waals surface area contributed by atoms with E-state index in [0.29, 0.717) is 17.4 Å². The summed E-state index contributed by atoms with van der Waals surface area (Å²) in [7, 11) is 2.53. The fourth-order valence-electron chi connectivity index (χ4n) is 3.04. The Balaban J connectivity index is 1.94. The summed E-state index contributed by atoms with van der Waals surface area (Å²) in [5.41, 5.74) is 1.40. The highest BCUT2D eigenvalue weighted by Gasteiger charge is 2.26. The molecule has 0 saturated carbocycles. The average Bonchev–Trinajstić information content (AvgIpc) is 2.85. The number of carbonyl (C=O) groups excluding carboxylic acids is 3. The molecule has 0 aliphatic carbocycles. The van der Waals surface area contributed by atoms with Gasteiger partial charge < -0.3 is 18.9 Å². The first-order valence-corrected chi connectivity index (χ1v) is 9.75. The van der Waals surface area contributed by atoms with Gasteiger partial charge in [-0.2, -0.15) is 0 Å². The van der Waals surface area contributed by atoms with Gasteiger partial charge in [0.25, 0.3) is 0 Å². The lowest BCUT2D eigenvalue weighted by molar-refractivity contribution is -0.149. The predicted molar refractivity (Wildman–Crippen MR) is 115 cm³/mol. The summed E-state index contributed by atoms with van der Waals surface area (Å²) in [4.78, 5) is 36.2. The molecule has 0 saturated heterocycles. The largest absolute Gasteiger partial charge is 0.474 e. The van der Waals surface area contributed by atoms with E-state index in [1.54, 1.807) is 48.5 Å². The maximum absolute atomic E-state index is 12.3. The fraction of sp³-hybridized carbons (Fsp3) is 0.160. The van der Waals surface area contributed by atoms with Crippen LogP contribution in [0.3, 0.4) is 0 Å². The molecule has 0 N–H and O–H groups in total. The zero-order valence-corrected chi connectivity index (χ0v) is 17.6. The zero-order valence-electron chi connectivity index (χ0n) is 17.6. The van der Waals surface area contributed by atoms with Gasteiger partial charge in [-0.05, 0) is 12.1 Å². The summed E-state index contributed by atoms with van der Waals surface area (Å²) in [5.74, 6) is -0.820. The monoisotopic (exact) mass is 434 g/mol. The molecule has 7 nitrogen and oxygen atoms in total. The average molecular weight is 434 g/mol. The Labute approximate surface area is 185 Å². The van der Waals surface area contributed by atoms with Crippen LogP contribution in [-0.4, -0.2) is 32.4 Å². The Bertz CT molecular complexity index is 984. The van der Waals surface area contributed by atoms with Crippen molar-refractivity contribution in [2.75, 3.05) is 14.2 Å². The molecule has 0 fully saturated rings. The van der Waals surface area contributed by atoms with Crippen LogP contribution in [0.15, 0.2) is 78.9 Å². The predicted octanol–water partition coefficient (Wildman–Crippen LogP) is 4.09. The van der Waals surface area contributed by atoms with Crippen LogP contribution in [-0.2, 0) is 19.1 Å². The Kier molecular flexibility index (Phi) is 7.59. The summed E-state index contributed by atoms with van der Waals surface area (Å²) >= 11 is 0. The first kappa shape index (κ1) is 22.6. The lowest BCUT2D eigenvalue weighted by Crippen LogP contribution is -2.21. The van der Waals surface area contributed by atoms with Crippen molar-refractivity contribution in [1.29, 1.82) is 0 Å². The van der Waals surface area contributed by atoms with E-state index in [2.05, 4.69) is 0 Å². The molecule has 0 spiro atoms. The number of hydrogen-bond donors (Lipinski definition) is 0. The number of hydrogen-bond acceptors (Lipinski definition) is 7. The van der Waals surface area contributed by atoms with E-state index >= 15 is 0 Å². The molecule has 0 aliphatic rings. The fourth-order valence-corrected chi connectivity index (χ4v) is 3.04. The zero-order chi connectivity index (χ0) is 22.9. The number of rotatable bonds is 9. The van der Waals surface area contributed by atoms with Crippen LogP contribution in [0.4, 0.5) is 0 Å². The molecule has 0 bridgehead atoms. The normalized spacial score (nSPS) is 12.2. The van der Waals surface area contributed by atoms with E-state index in [1.807, 2.05) is 12.1 Å². The van der Waals surface area contributed by atoms with E-state index in [1.165, 1.54) is 32.4 Å². The molecule has 0 radical (unpaired) electrons. The Morgan fingerprint density at radius 2 is 1.09 bits per heavy atom. The van der Waals surface area contributed by atoms with Gasteiger partial charge in [-0.3, -0.25) is 4.79 Å². The quantitative estimate of drug-likeness (QED) is 0.370. The third kappa shape index (κ3) is 5.51. The molecule has 2 atom stereocenters. The molecule has 3 rings (SSSR count). The van der Waals surface area contributed by atoms with Gasteiger partial charge in [0.15, 0.2) is 0 Å². The number of esters is 2. The number of benzene rings is 3. The molecule has 32 heavy (non-hydrogen) atoms. The maximum Gasteiger partial charge on any atom is 0.351 e. The van der Waals surface area contributed by atoms with Crippen LogP contribution in [0.25, 0.3) is 0 Å². The molecule has 3 aromatic rings. The second kappa shape index (κ2) is 10.8. The van der Waals surface area contributed by atoms with Crippen molar-refractivity contribution in [2.45, 2.75) is 12.2 Å². The topological polar surface area (TPSA) is 88.1 Å². The van der Waals surface area contributed by atoms with Crippen LogP contribution in [0, 0.1) is 0 Å². The van der Waals surface area contributed by atoms with E-state index < -0.39 is 24.1 Å². The summed E-state index contributed by atoms with van der Waals surface area (Å²) in [5, 5.41) is 0. The van der Waals surface area contributed by atoms with Crippen LogP contribution in [0.5, 0.6) is 11.5 Å². The smallest absolute Gasteiger partial charge is 0.351 e. The molecule has 0 heterocycles.